The van der Waals surface area contributed by atoms with E-state index in [1.165, 1.54) is 12.1 Å². The summed E-state index contributed by atoms with van der Waals surface area (Å²) in [6, 6.07) is 6.99. The molecule has 0 aromatic heterocycles. The van der Waals surface area contributed by atoms with Gasteiger partial charge in [0.1, 0.15) is 16.5 Å². The van der Waals surface area contributed by atoms with Gasteiger partial charge in [-0.05, 0) is 42.3 Å². The van der Waals surface area contributed by atoms with E-state index in [2.05, 4.69) is 4.72 Å². The van der Waals surface area contributed by atoms with Crippen molar-refractivity contribution in [1.82, 2.24) is 0 Å². The summed E-state index contributed by atoms with van der Waals surface area (Å²) in [5, 5.41) is -0.242. The monoisotopic (exact) mass is 331 g/mol. The first-order valence-electron chi connectivity index (χ1n) is 6.10. The van der Waals surface area contributed by atoms with Gasteiger partial charge in [0.15, 0.2) is 0 Å². The quantitative estimate of drug-likeness (QED) is 0.921. The summed E-state index contributed by atoms with van der Waals surface area (Å²) < 4.78 is 53.1. The van der Waals surface area contributed by atoms with Gasteiger partial charge in [0, 0.05) is 0 Å². The third-order valence-electron chi connectivity index (χ3n) is 2.87. The molecule has 0 heterocycles. The third-order valence-corrected chi connectivity index (χ3v) is 4.73. The lowest BCUT2D eigenvalue weighted by Crippen LogP contribution is -2.14. The number of hydrogen-bond donors (Lipinski definition) is 1. The highest BCUT2D eigenvalue weighted by molar-refractivity contribution is 7.92. The topological polar surface area (TPSA) is 46.2 Å². The van der Waals surface area contributed by atoms with Crippen LogP contribution in [-0.4, -0.2) is 8.42 Å². The zero-order valence-electron chi connectivity index (χ0n) is 11.0. The Bertz CT molecular complexity index is 779. The predicted octanol–water partition coefficient (Wildman–Crippen LogP) is 3.98. The molecule has 0 bridgehead atoms. The van der Waals surface area contributed by atoms with Crippen molar-refractivity contribution >= 4 is 27.3 Å². The predicted molar refractivity (Wildman–Crippen MR) is 78.0 cm³/mol. The maximum Gasteiger partial charge on any atom is 0.263 e. The molecule has 0 saturated carbocycles. The summed E-state index contributed by atoms with van der Waals surface area (Å²) >= 11 is 5.73. The van der Waals surface area contributed by atoms with E-state index in [-0.39, 0.29) is 15.6 Å². The minimum atomic E-state index is -4.01. The number of aryl methyl sites for hydroxylation is 1. The van der Waals surface area contributed by atoms with Crippen LogP contribution in [0.15, 0.2) is 41.3 Å². The molecule has 0 amide bonds. The van der Waals surface area contributed by atoms with Crippen LogP contribution in [0.1, 0.15) is 12.5 Å². The van der Waals surface area contributed by atoms with E-state index >= 15 is 0 Å². The Morgan fingerprint density at radius 3 is 2.43 bits per heavy atom. The van der Waals surface area contributed by atoms with Crippen LogP contribution in [0, 0.1) is 11.6 Å². The van der Waals surface area contributed by atoms with Crippen molar-refractivity contribution in [3.63, 3.8) is 0 Å². The van der Waals surface area contributed by atoms with Crippen molar-refractivity contribution in [1.29, 1.82) is 0 Å². The molecule has 0 aliphatic heterocycles. The first-order chi connectivity index (χ1) is 9.83. The lowest BCUT2D eigenvalue weighted by atomic mass is 10.1. The highest BCUT2D eigenvalue weighted by atomic mass is 35.5. The molecule has 0 atom stereocenters. The van der Waals surface area contributed by atoms with Gasteiger partial charge in [0.25, 0.3) is 10.0 Å². The second-order valence-corrected chi connectivity index (χ2v) is 6.40. The molecule has 0 aliphatic carbocycles. The van der Waals surface area contributed by atoms with Gasteiger partial charge in [-0.2, -0.15) is 0 Å². The van der Waals surface area contributed by atoms with Crippen LogP contribution in [-0.2, 0) is 16.4 Å². The highest BCUT2D eigenvalue weighted by Crippen LogP contribution is 2.25. The molecule has 0 fully saturated rings. The molecule has 0 unspecified atom stereocenters. The van der Waals surface area contributed by atoms with E-state index in [4.69, 9.17) is 11.6 Å². The molecular weight excluding hydrogens is 320 g/mol. The fourth-order valence-corrected chi connectivity index (χ4v) is 3.38. The Morgan fingerprint density at radius 2 is 1.86 bits per heavy atom. The lowest BCUT2D eigenvalue weighted by molar-refractivity contribution is 0.599. The Hall–Kier alpha value is -1.66. The Labute approximate surface area is 126 Å². The van der Waals surface area contributed by atoms with E-state index in [0.717, 1.165) is 24.3 Å². The normalized spacial score (nSPS) is 11.4. The minimum absolute atomic E-state index is 0.0742. The minimum Gasteiger partial charge on any atom is -0.279 e. The molecule has 21 heavy (non-hydrogen) atoms. The summed E-state index contributed by atoms with van der Waals surface area (Å²) in [6.45, 7) is 1.79. The number of anilines is 1. The van der Waals surface area contributed by atoms with Crippen LogP contribution < -0.4 is 4.72 Å². The second kappa shape index (κ2) is 5.99. The molecule has 1 N–H and O–H groups in total. The maximum absolute atomic E-state index is 13.6. The highest BCUT2D eigenvalue weighted by Gasteiger charge is 2.19. The summed E-state index contributed by atoms with van der Waals surface area (Å²) in [4.78, 5) is -0.273. The molecule has 2 aromatic rings. The largest absolute Gasteiger partial charge is 0.279 e. The zero-order chi connectivity index (χ0) is 15.6. The molecule has 3 nitrogen and oxygen atoms in total. The van der Waals surface area contributed by atoms with Crippen LogP contribution in [0.5, 0.6) is 0 Å². The molecule has 0 aliphatic rings. The van der Waals surface area contributed by atoms with Gasteiger partial charge in [0.2, 0.25) is 0 Å². The van der Waals surface area contributed by atoms with E-state index in [1.54, 1.807) is 6.92 Å². The van der Waals surface area contributed by atoms with Crippen molar-refractivity contribution in [3.05, 3.63) is 58.6 Å². The molecule has 0 radical (unpaired) electrons. The van der Waals surface area contributed by atoms with Crippen LogP contribution in [0.2, 0.25) is 5.02 Å². The molecule has 0 saturated heterocycles. The third kappa shape index (κ3) is 3.51. The summed E-state index contributed by atoms with van der Waals surface area (Å²) in [5.41, 5.74) is 0.558. The van der Waals surface area contributed by atoms with Crippen molar-refractivity contribution < 1.29 is 17.2 Å². The van der Waals surface area contributed by atoms with Crippen molar-refractivity contribution in [2.45, 2.75) is 18.2 Å². The molecule has 0 spiro atoms. The number of benzene rings is 2. The SMILES string of the molecule is CCc1ccc(NS(=O)(=O)c2ccc(F)cc2Cl)cc1F. The molecule has 2 rings (SSSR count). The Morgan fingerprint density at radius 1 is 1.14 bits per heavy atom. The van der Waals surface area contributed by atoms with Gasteiger partial charge >= 0.3 is 0 Å². The fourth-order valence-electron chi connectivity index (χ4n) is 1.80. The first-order valence-corrected chi connectivity index (χ1v) is 7.96. The van der Waals surface area contributed by atoms with Crippen LogP contribution >= 0.6 is 11.6 Å². The van der Waals surface area contributed by atoms with E-state index < -0.39 is 21.7 Å². The van der Waals surface area contributed by atoms with Gasteiger partial charge < -0.3 is 0 Å². The molecular formula is C14H12ClF2NO2S. The van der Waals surface area contributed by atoms with Crippen molar-refractivity contribution in [2.24, 2.45) is 0 Å². The Balaban J connectivity index is 2.35. The van der Waals surface area contributed by atoms with E-state index in [9.17, 15) is 17.2 Å². The van der Waals surface area contributed by atoms with Gasteiger partial charge in [0.05, 0.1) is 10.7 Å². The van der Waals surface area contributed by atoms with Crippen LogP contribution in [0.4, 0.5) is 14.5 Å². The molecule has 2 aromatic carbocycles. The number of hydrogen-bond acceptors (Lipinski definition) is 2. The fraction of sp³-hybridized carbons (Fsp3) is 0.143. The average molecular weight is 332 g/mol. The first kappa shape index (κ1) is 15.7. The smallest absolute Gasteiger partial charge is 0.263 e. The summed E-state index contributed by atoms with van der Waals surface area (Å²) in [7, 11) is -4.01. The molecule has 7 heteroatoms. The standard InChI is InChI=1S/C14H12ClF2NO2S/c1-2-9-3-5-11(8-13(9)17)18-21(19,20)14-6-4-10(16)7-12(14)15/h3-8,18H,2H2,1H3. The number of nitrogens with one attached hydrogen (secondary N) is 1. The lowest BCUT2D eigenvalue weighted by Gasteiger charge is -2.10. The van der Waals surface area contributed by atoms with Crippen molar-refractivity contribution in [3.8, 4) is 0 Å². The van der Waals surface area contributed by atoms with E-state index in [1.807, 2.05) is 0 Å². The van der Waals surface area contributed by atoms with Crippen molar-refractivity contribution in [2.75, 3.05) is 4.72 Å². The van der Waals surface area contributed by atoms with Crippen LogP contribution in [0.3, 0.4) is 0 Å². The van der Waals surface area contributed by atoms with Gasteiger partial charge in [-0.25, -0.2) is 17.2 Å². The summed E-state index contributed by atoms with van der Waals surface area (Å²) in [5.74, 6) is -1.14. The van der Waals surface area contributed by atoms with Gasteiger partial charge in [-0.15, -0.1) is 0 Å². The summed E-state index contributed by atoms with van der Waals surface area (Å²) in [6.07, 6.45) is 0.503. The van der Waals surface area contributed by atoms with E-state index in [0.29, 0.717) is 12.0 Å². The average Bonchev–Trinajstić information content (AvgIpc) is 2.37. The number of rotatable bonds is 4. The second-order valence-electron chi connectivity index (χ2n) is 4.34. The van der Waals surface area contributed by atoms with Gasteiger partial charge in [-0.1, -0.05) is 24.6 Å². The van der Waals surface area contributed by atoms with Gasteiger partial charge in [-0.3, -0.25) is 4.72 Å². The zero-order valence-corrected chi connectivity index (χ0v) is 12.6. The number of halogens is 3. The van der Waals surface area contributed by atoms with Crippen LogP contribution in [0.25, 0.3) is 0 Å². The molecule has 112 valence electrons. The number of sulfonamides is 1. The Kier molecular flexibility index (Phi) is 4.49. The maximum atomic E-state index is 13.6.